The van der Waals surface area contributed by atoms with E-state index in [2.05, 4.69) is 9.98 Å². The summed E-state index contributed by atoms with van der Waals surface area (Å²) in [7, 11) is 0. The summed E-state index contributed by atoms with van der Waals surface area (Å²) in [6.07, 6.45) is 1.12. The monoisotopic (exact) mass is 409 g/mol. The fraction of sp³-hybridized carbons (Fsp3) is 0.333. The number of aromatic hydroxyl groups is 1. The van der Waals surface area contributed by atoms with E-state index in [1.165, 1.54) is 10.8 Å². The number of hydrogen-bond acceptors (Lipinski definition) is 5. The first kappa shape index (κ1) is 20.9. The van der Waals surface area contributed by atoms with Crippen LogP contribution in [0.15, 0.2) is 34.1 Å². The van der Waals surface area contributed by atoms with E-state index in [1.807, 2.05) is 13.8 Å². The summed E-state index contributed by atoms with van der Waals surface area (Å²) in [4.78, 5) is 30.0. The van der Waals surface area contributed by atoms with Crippen molar-refractivity contribution in [1.29, 1.82) is 0 Å². The molecule has 0 fully saturated rings. The molecular weight excluding hydrogens is 390 g/mol. The lowest BCUT2D eigenvalue weighted by atomic mass is 9.96. The van der Waals surface area contributed by atoms with E-state index in [0.717, 1.165) is 5.56 Å². The molecule has 0 aliphatic rings. The average molecular weight is 410 g/mol. The number of carboxylic acid groups (broad SMARTS) is 1. The standard InChI is InChI=1S/C18H20ClN3O4S/c1-10(2)22-17(26)14(16(25)21-18(22)27)9-20-8-12(7-15(23)24)11-3-5-13(19)6-4-11/h3-6,9-10,12,26H,7-8H2,1-2H3,(H,23,24)(H,21,25,27)/t12-/m0/s1. The third-order valence-corrected chi connectivity index (χ3v) is 4.53. The van der Waals surface area contributed by atoms with Crippen molar-refractivity contribution in [3.63, 3.8) is 0 Å². The van der Waals surface area contributed by atoms with Gasteiger partial charge in [-0.3, -0.25) is 24.1 Å². The van der Waals surface area contributed by atoms with Crippen molar-refractivity contribution in [2.75, 3.05) is 6.54 Å². The second kappa shape index (κ2) is 8.96. The third kappa shape index (κ3) is 5.27. The molecule has 0 saturated heterocycles. The molecule has 0 amide bonds. The number of benzene rings is 1. The number of rotatable bonds is 7. The molecule has 1 aromatic carbocycles. The number of H-pyrrole nitrogens is 1. The van der Waals surface area contributed by atoms with E-state index in [4.69, 9.17) is 28.9 Å². The van der Waals surface area contributed by atoms with Gasteiger partial charge in [-0.05, 0) is 43.8 Å². The number of aliphatic carboxylic acids is 1. The Kier molecular flexibility index (Phi) is 6.92. The van der Waals surface area contributed by atoms with Gasteiger partial charge >= 0.3 is 5.97 Å². The Morgan fingerprint density at radius 3 is 2.56 bits per heavy atom. The maximum absolute atomic E-state index is 12.1. The van der Waals surface area contributed by atoms with E-state index in [-0.39, 0.29) is 35.2 Å². The molecule has 0 spiro atoms. The molecule has 0 radical (unpaired) electrons. The normalized spacial score (nSPS) is 12.6. The number of hydrogen-bond donors (Lipinski definition) is 3. The summed E-state index contributed by atoms with van der Waals surface area (Å²) in [5.41, 5.74) is 0.192. The zero-order valence-corrected chi connectivity index (χ0v) is 16.4. The highest BCUT2D eigenvalue weighted by Crippen LogP contribution is 2.23. The Hall–Kier alpha value is -2.45. The van der Waals surface area contributed by atoms with E-state index >= 15 is 0 Å². The van der Waals surface area contributed by atoms with Crippen LogP contribution in [-0.2, 0) is 4.79 Å². The summed E-state index contributed by atoms with van der Waals surface area (Å²) in [6.45, 7) is 3.76. The SMILES string of the molecule is CC(C)n1c(O)c(C=NC[C@H](CC(=O)O)c2ccc(Cl)cc2)c(=O)[nH]c1=S. The van der Waals surface area contributed by atoms with Gasteiger partial charge in [-0.25, -0.2) is 0 Å². The van der Waals surface area contributed by atoms with Crippen LogP contribution in [0.1, 0.15) is 43.4 Å². The zero-order valence-electron chi connectivity index (χ0n) is 14.8. The highest BCUT2D eigenvalue weighted by atomic mass is 35.5. The fourth-order valence-electron chi connectivity index (χ4n) is 2.65. The zero-order chi connectivity index (χ0) is 20.1. The minimum atomic E-state index is -0.959. The van der Waals surface area contributed by atoms with Crippen molar-refractivity contribution in [3.8, 4) is 5.88 Å². The van der Waals surface area contributed by atoms with Crippen LogP contribution in [-0.4, -0.2) is 38.5 Å². The largest absolute Gasteiger partial charge is 0.494 e. The van der Waals surface area contributed by atoms with E-state index in [1.54, 1.807) is 24.3 Å². The number of aliphatic imine (C=N–C) groups is 1. The van der Waals surface area contributed by atoms with Crippen molar-refractivity contribution in [2.24, 2.45) is 4.99 Å². The molecule has 144 valence electrons. The fourth-order valence-corrected chi connectivity index (χ4v) is 3.17. The van der Waals surface area contributed by atoms with Crippen molar-refractivity contribution in [3.05, 3.63) is 55.5 Å². The molecule has 9 heteroatoms. The maximum atomic E-state index is 12.1. The molecule has 7 nitrogen and oxygen atoms in total. The van der Waals surface area contributed by atoms with Gasteiger partial charge in [0.2, 0.25) is 5.88 Å². The smallest absolute Gasteiger partial charge is 0.304 e. The molecule has 0 aliphatic heterocycles. The summed E-state index contributed by atoms with van der Waals surface area (Å²) in [5, 5.41) is 20.1. The number of carboxylic acids is 1. The van der Waals surface area contributed by atoms with Gasteiger partial charge < -0.3 is 10.2 Å². The van der Waals surface area contributed by atoms with Gasteiger partial charge in [-0.1, -0.05) is 23.7 Å². The van der Waals surface area contributed by atoms with Crippen LogP contribution < -0.4 is 5.56 Å². The van der Waals surface area contributed by atoms with Crippen LogP contribution >= 0.6 is 23.8 Å². The number of halogens is 1. The van der Waals surface area contributed by atoms with E-state index in [0.29, 0.717) is 5.02 Å². The summed E-state index contributed by atoms with van der Waals surface area (Å²) in [6, 6.07) is 6.69. The van der Waals surface area contributed by atoms with Gasteiger partial charge in [-0.2, -0.15) is 0 Å². The molecule has 0 unspecified atom stereocenters. The van der Waals surface area contributed by atoms with Crippen molar-refractivity contribution in [1.82, 2.24) is 9.55 Å². The Balaban J connectivity index is 2.32. The van der Waals surface area contributed by atoms with Crippen LogP contribution in [0.2, 0.25) is 5.02 Å². The molecule has 3 N–H and O–H groups in total. The second-order valence-corrected chi connectivity index (χ2v) is 7.12. The van der Waals surface area contributed by atoms with Crippen molar-refractivity contribution >= 4 is 36.0 Å². The molecule has 0 aliphatic carbocycles. The predicted octanol–water partition coefficient (Wildman–Crippen LogP) is 3.52. The van der Waals surface area contributed by atoms with E-state index < -0.39 is 17.4 Å². The van der Waals surface area contributed by atoms with Crippen LogP contribution in [0, 0.1) is 4.77 Å². The maximum Gasteiger partial charge on any atom is 0.304 e. The number of aromatic nitrogens is 2. The van der Waals surface area contributed by atoms with Gasteiger partial charge in [0.25, 0.3) is 5.56 Å². The minimum Gasteiger partial charge on any atom is -0.494 e. The topological polar surface area (TPSA) is 108 Å². The Morgan fingerprint density at radius 2 is 2.00 bits per heavy atom. The lowest BCUT2D eigenvalue weighted by Gasteiger charge is -2.15. The van der Waals surface area contributed by atoms with Gasteiger partial charge in [0, 0.05) is 29.7 Å². The molecule has 1 atom stereocenters. The third-order valence-electron chi connectivity index (χ3n) is 3.98. The molecular formula is C18H20ClN3O4S. The quantitative estimate of drug-likeness (QED) is 0.479. The van der Waals surface area contributed by atoms with Gasteiger partial charge in [0.05, 0.1) is 6.42 Å². The Bertz CT molecular complexity index is 964. The van der Waals surface area contributed by atoms with Gasteiger partial charge in [0.1, 0.15) is 5.56 Å². The van der Waals surface area contributed by atoms with Crippen LogP contribution in [0.25, 0.3) is 0 Å². The number of carbonyl (C=O) groups is 1. The first-order valence-electron chi connectivity index (χ1n) is 8.25. The second-order valence-electron chi connectivity index (χ2n) is 6.30. The Morgan fingerprint density at radius 1 is 1.37 bits per heavy atom. The number of nitrogens with zero attached hydrogens (tertiary/aromatic N) is 2. The summed E-state index contributed by atoms with van der Waals surface area (Å²) < 4.78 is 1.53. The average Bonchev–Trinajstić information content (AvgIpc) is 2.56. The predicted molar refractivity (Wildman–Crippen MR) is 107 cm³/mol. The molecule has 1 aromatic heterocycles. The van der Waals surface area contributed by atoms with Crippen molar-refractivity contribution < 1.29 is 15.0 Å². The molecule has 0 bridgehead atoms. The van der Waals surface area contributed by atoms with Gasteiger partial charge in [-0.15, -0.1) is 0 Å². The molecule has 1 heterocycles. The molecule has 0 saturated carbocycles. The van der Waals surface area contributed by atoms with Crippen LogP contribution in [0.3, 0.4) is 0 Å². The lowest BCUT2D eigenvalue weighted by Crippen LogP contribution is -2.20. The van der Waals surface area contributed by atoms with E-state index in [9.17, 15) is 14.7 Å². The van der Waals surface area contributed by atoms with Crippen molar-refractivity contribution in [2.45, 2.75) is 32.2 Å². The Labute approximate surface area is 166 Å². The van der Waals surface area contributed by atoms with Gasteiger partial charge in [0.15, 0.2) is 4.77 Å². The minimum absolute atomic E-state index is 0.0255. The number of nitrogens with one attached hydrogen (secondary N) is 1. The molecule has 2 aromatic rings. The first-order valence-corrected chi connectivity index (χ1v) is 9.04. The highest BCUT2D eigenvalue weighted by Gasteiger charge is 2.16. The number of aromatic amines is 1. The molecule has 2 rings (SSSR count). The summed E-state index contributed by atoms with van der Waals surface area (Å²) >= 11 is 10.9. The van der Waals surface area contributed by atoms with Crippen LogP contribution in [0.4, 0.5) is 0 Å². The lowest BCUT2D eigenvalue weighted by molar-refractivity contribution is -0.137. The highest BCUT2D eigenvalue weighted by molar-refractivity contribution is 7.71. The summed E-state index contributed by atoms with van der Waals surface area (Å²) in [5.74, 6) is -1.63. The molecule has 27 heavy (non-hydrogen) atoms. The first-order chi connectivity index (χ1) is 12.7. The van der Waals surface area contributed by atoms with Crippen LogP contribution in [0.5, 0.6) is 5.88 Å².